The molecule has 0 fully saturated rings. The van der Waals surface area contributed by atoms with E-state index in [2.05, 4.69) is 40.6 Å². The highest BCUT2D eigenvalue weighted by molar-refractivity contribution is 6.30. The first-order valence-corrected chi connectivity index (χ1v) is 10.4. The van der Waals surface area contributed by atoms with Crippen LogP contribution in [0, 0.1) is 0 Å². The van der Waals surface area contributed by atoms with Gasteiger partial charge in [0.2, 0.25) is 0 Å². The number of benzene rings is 2. The maximum Gasteiger partial charge on any atom is 0.165 e. The molecule has 30 heavy (non-hydrogen) atoms. The highest BCUT2D eigenvalue weighted by Gasteiger charge is 2.16. The molecule has 0 N–H and O–H groups in total. The molecular weight excluding hydrogens is 398 g/mol. The van der Waals surface area contributed by atoms with Crippen LogP contribution in [0.25, 0.3) is 16.9 Å². The second-order valence-corrected chi connectivity index (χ2v) is 7.72. The largest absolute Gasteiger partial charge is 0.295 e. The third-order valence-corrected chi connectivity index (χ3v) is 5.07. The maximum absolute atomic E-state index is 6.09. The molecule has 7 nitrogen and oxygen atoms in total. The van der Waals surface area contributed by atoms with Crippen molar-refractivity contribution < 1.29 is 0 Å². The lowest BCUT2D eigenvalue weighted by Crippen LogP contribution is -2.20. The lowest BCUT2D eigenvalue weighted by atomic mass is 10.1. The van der Waals surface area contributed by atoms with Gasteiger partial charge in [-0.3, -0.25) is 4.90 Å². The van der Waals surface area contributed by atoms with Gasteiger partial charge in [-0.25, -0.2) is 9.36 Å². The van der Waals surface area contributed by atoms with Gasteiger partial charge in [0.25, 0.3) is 0 Å². The average molecular weight is 422 g/mol. The van der Waals surface area contributed by atoms with Crippen LogP contribution in [-0.4, -0.2) is 41.9 Å². The highest BCUT2D eigenvalue weighted by Crippen LogP contribution is 2.26. The SMILES string of the molecule is CCCn1nnnc1CN(C)Cc1cn(-c2ccccc2)nc1-c1ccc(Cl)cc1. The zero-order valence-corrected chi connectivity index (χ0v) is 17.9. The van der Waals surface area contributed by atoms with Crippen molar-refractivity contribution in [2.75, 3.05) is 7.05 Å². The van der Waals surface area contributed by atoms with Gasteiger partial charge >= 0.3 is 0 Å². The van der Waals surface area contributed by atoms with Gasteiger partial charge in [-0.2, -0.15) is 5.10 Å². The minimum Gasteiger partial charge on any atom is -0.295 e. The van der Waals surface area contributed by atoms with E-state index in [1.807, 2.05) is 64.0 Å². The predicted octanol–water partition coefficient (Wildman–Crippen LogP) is 4.22. The maximum atomic E-state index is 6.09. The fourth-order valence-corrected chi connectivity index (χ4v) is 3.53. The molecule has 0 radical (unpaired) electrons. The molecule has 4 rings (SSSR count). The van der Waals surface area contributed by atoms with Crippen molar-refractivity contribution in [1.29, 1.82) is 0 Å². The van der Waals surface area contributed by atoms with Crippen molar-refractivity contribution in [3.05, 3.63) is 77.2 Å². The molecule has 0 unspecified atom stereocenters. The molecule has 0 amide bonds. The highest BCUT2D eigenvalue weighted by atomic mass is 35.5. The van der Waals surface area contributed by atoms with Crippen molar-refractivity contribution in [3.63, 3.8) is 0 Å². The first kappa shape index (κ1) is 20.3. The summed E-state index contributed by atoms with van der Waals surface area (Å²) in [4.78, 5) is 2.20. The number of para-hydroxylation sites is 1. The number of tetrazole rings is 1. The Hall–Kier alpha value is -3.03. The Morgan fingerprint density at radius 3 is 2.50 bits per heavy atom. The molecule has 0 aliphatic rings. The Morgan fingerprint density at radius 1 is 1.00 bits per heavy atom. The Morgan fingerprint density at radius 2 is 1.77 bits per heavy atom. The van der Waals surface area contributed by atoms with E-state index in [4.69, 9.17) is 16.7 Å². The molecule has 0 saturated heterocycles. The lowest BCUT2D eigenvalue weighted by Gasteiger charge is -2.16. The molecule has 0 atom stereocenters. The lowest BCUT2D eigenvalue weighted by molar-refractivity contribution is 0.302. The van der Waals surface area contributed by atoms with Crippen molar-refractivity contribution in [2.45, 2.75) is 33.0 Å². The molecule has 8 heteroatoms. The topological polar surface area (TPSA) is 64.7 Å². The Kier molecular flexibility index (Phi) is 6.21. The van der Waals surface area contributed by atoms with Crippen LogP contribution in [0.5, 0.6) is 0 Å². The zero-order chi connectivity index (χ0) is 20.9. The van der Waals surface area contributed by atoms with Gasteiger partial charge in [-0.05, 0) is 48.2 Å². The van der Waals surface area contributed by atoms with E-state index in [0.717, 1.165) is 41.3 Å². The van der Waals surface area contributed by atoms with Gasteiger partial charge in [0.05, 0.1) is 17.9 Å². The quantitative estimate of drug-likeness (QED) is 0.426. The average Bonchev–Trinajstić information content (AvgIpc) is 3.37. The Bertz CT molecular complexity index is 1090. The number of nitrogens with zero attached hydrogens (tertiary/aromatic N) is 7. The minimum atomic E-state index is 0.656. The van der Waals surface area contributed by atoms with Crippen molar-refractivity contribution in [2.24, 2.45) is 0 Å². The van der Waals surface area contributed by atoms with E-state index in [0.29, 0.717) is 18.1 Å². The first-order valence-electron chi connectivity index (χ1n) is 9.97. The van der Waals surface area contributed by atoms with Crippen LogP contribution >= 0.6 is 11.6 Å². The van der Waals surface area contributed by atoms with Crippen molar-refractivity contribution >= 4 is 11.6 Å². The summed E-state index contributed by atoms with van der Waals surface area (Å²) >= 11 is 6.09. The van der Waals surface area contributed by atoms with Crippen molar-refractivity contribution in [3.8, 4) is 16.9 Å². The van der Waals surface area contributed by atoms with E-state index in [-0.39, 0.29) is 0 Å². The summed E-state index contributed by atoms with van der Waals surface area (Å²) in [7, 11) is 2.07. The summed E-state index contributed by atoms with van der Waals surface area (Å²) in [6.07, 6.45) is 3.08. The number of rotatable bonds is 8. The molecule has 2 heterocycles. The minimum absolute atomic E-state index is 0.656. The Labute approximate surface area is 180 Å². The standard InChI is InChI=1S/C22H24ClN7/c1-3-13-29-21(24-26-27-29)16-28(2)14-18-15-30(20-7-5-4-6-8-20)25-22(18)17-9-11-19(23)12-10-17/h4-12,15H,3,13-14,16H2,1-2H3. The number of hydrogen-bond acceptors (Lipinski definition) is 5. The number of aromatic nitrogens is 6. The van der Waals surface area contributed by atoms with Crippen LogP contribution in [0.3, 0.4) is 0 Å². The van der Waals surface area contributed by atoms with Crippen LogP contribution in [0.4, 0.5) is 0 Å². The van der Waals surface area contributed by atoms with Gasteiger partial charge in [-0.15, -0.1) is 5.10 Å². The molecule has 0 bridgehead atoms. The molecular formula is C22H24ClN7. The third-order valence-electron chi connectivity index (χ3n) is 4.82. The van der Waals surface area contributed by atoms with Gasteiger partial charge in [0.1, 0.15) is 0 Å². The summed E-state index contributed by atoms with van der Waals surface area (Å²) in [6.45, 7) is 4.30. The van der Waals surface area contributed by atoms with Crippen LogP contribution in [-0.2, 0) is 19.6 Å². The second kappa shape index (κ2) is 9.19. The summed E-state index contributed by atoms with van der Waals surface area (Å²) in [5.74, 6) is 0.864. The zero-order valence-electron chi connectivity index (χ0n) is 17.1. The first-order chi connectivity index (χ1) is 14.6. The summed E-state index contributed by atoms with van der Waals surface area (Å²) in [5, 5.41) is 17.7. The predicted molar refractivity (Wildman–Crippen MR) is 117 cm³/mol. The van der Waals surface area contributed by atoms with Crippen LogP contribution < -0.4 is 0 Å². The van der Waals surface area contributed by atoms with E-state index < -0.39 is 0 Å². The number of aryl methyl sites for hydroxylation is 1. The van der Waals surface area contributed by atoms with E-state index in [9.17, 15) is 0 Å². The van der Waals surface area contributed by atoms with E-state index in [1.54, 1.807) is 0 Å². The number of hydrogen-bond donors (Lipinski definition) is 0. The fraction of sp³-hybridized carbons (Fsp3) is 0.273. The van der Waals surface area contributed by atoms with Gasteiger partial charge in [0.15, 0.2) is 5.82 Å². The monoisotopic (exact) mass is 421 g/mol. The molecule has 154 valence electrons. The van der Waals surface area contributed by atoms with E-state index >= 15 is 0 Å². The fourth-order valence-electron chi connectivity index (χ4n) is 3.40. The molecule has 0 spiro atoms. The molecule has 2 aromatic carbocycles. The molecule has 4 aromatic rings. The summed E-state index contributed by atoms with van der Waals surface area (Å²) in [5.41, 5.74) is 4.12. The van der Waals surface area contributed by atoms with Crippen LogP contribution in [0.1, 0.15) is 24.7 Å². The van der Waals surface area contributed by atoms with E-state index in [1.165, 1.54) is 0 Å². The van der Waals surface area contributed by atoms with Gasteiger partial charge in [-0.1, -0.05) is 48.9 Å². The van der Waals surface area contributed by atoms with Gasteiger partial charge < -0.3 is 0 Å². The Balaban J connectivity index is 1.63. The van der Waals surface area contributed by atoms with Crippen LogP contribution in [0.2, 0.25) is 5.02 Å². The normalized spacial score (nSPS) is 11.3. The molecule has 0 saturated carbocycles. The molecule has 0 aliphatic carbocycles. The summed E-state index contributed by atoms with van der Waals surface area (Å²) in [6, 6.07) is 17.9. The smallest absolute Gasteiger partial charge is 0.165 e. The second-order valence-electron chi connectivity index (χ2n) is 7.28. The molecule has 0 aliphatic heterocycles. The third kappa shape index (κ3) is 4.58. The van der Waals surface area contributed by atoms with Crippen molar-refractivity contribution in [1.82, 2.24) is 34.9 Å². The molecule has 2 aromatic heterocycles. The van der Waals surface area contributed by atoms with Gasteiger partial charge in [0, 0.05) is 35.4 Å². The van der Waals surface area contributed by atoms with Crippen LogP contribution in [0.15, 0.2) is 60.8 Å². The number of halogens is 1. The summed E-state index contributed by atoms with van der Waals surface area (Å²) < 4.78 is 3.79.